The summed E-state index contributed by atoms with van der Waals surface area (Å²) in [5, 5.41) is 14.9. The van der Waals surface area contributed by atoms with Crippen molar-refractivity contribution in [3.05, 3.63) is 75.9 Å². The lowest BCUT2D eigenvalue weighted by Gasteiger charge is -2.29. The van der Waals surface area contributed by atoms with Gasteiger partial charge >= 0.3 is 6.36 Å². The van der Waals surface area contributed by atoms with Crippen LogP contribution >= 0.6 is 0 Å². The van der Waals surface area contributed by atoms with E-state index in [0.29, 0.717) is 41.2 Å². The van der Waals surface area contributed by atoms with Gasteiger partial charge in [-0.1, -0.05) is 12.1 Å². The predicted octanol–water partition coefficient (Wildman–Crippen LogP) is 5.84. The monoisotopic (exact) mass is 501 g/mol. The van der Waals surface area contributed by atoms with E-state index in [9.17, 15) is 23.2 Å². The number of carbonyl (C=O) groups excluding carboxylic acids is 1. The summed E-state index contributed by atoms with van der Waals surface area (Å²) in [4.78, 5) is 16.1. The zero-order valence-corrected chi connectivity index (χ0v) is 20.5. The maximum atomic E-state index is 13.1. The minimum absolute atomic E-state index is 0.168. The van der Waals surface area contributed by atoms with Gasteiger partial charge in [-0.15, -0.1) is 13.2 Å². The summed E-state index contributed by atoms with van der Waals surface area (Å²) in [5.41, 5.74) is 3.97. The highest BCUT2D eigenvalue weighted by Crippen LogP contribution is 2.37. The number of para-hydroxylation sites is 1. The lowest BCUT2D eigenvalue weighted by atomic mass is 9.78. The first kappa shape index (κ1) is 25.6. The molecular formula is C27H30F3N3O3. The van der Waals surface area contributed by atoms with Crippen LogP contribution in [0.5, 0.6) is 5.75 Å². The topological polar surface area (TPSA) is 81.1 Å². The van der Waals surface area contributed by atoms with Crippen molar-refractivity contribution in [1.29, 1.82) is 0 Å². The second-order valence-corrected chi connectivity index (χ2v) is 9.58. The first-order chi connectivity index (χ1) is 17.0. The Morgan fingerprint density at radius 1 is 1.08 bits per heavy atom. The normalized spacial score (nSPS) is 18.2. The van der Waals surface area contributed by atoms with Crippen LogP contribution in [0.2, 0.25) is 0 Å². The van der Waals surface area contributed by atoms with E-state index in [1.807, 2.05) is 26.0 Å². The Morgan fingerprint density at radius 3 is 2.36 bits per heavy atom. The van der Waals surface area contributed by atoms with Crippen molar-refractivity contribution in [2.24, 2.45) is 5.92 Å². The summed E-state index contributed by atoms with van der Waals surface area (Å²) in [6.45, 7) is 5.87. The minimum atomic E-state index is -4.84. The van der Waals surface area contributed by atoms with Crippen LogP contribution in [0.15, 0.2) is 42.5 Å². The molecule has 0 bridgehead atoms. The van der Waals surface area contributed by atoms with Gasteiger partial charge < -0.3 is 20.2 Å². The number of nitrogens with zero attached hydrogens (tertiary/aromatic N) is 1. The van der Waals surface area contributed by atoms with Crippen molar-refractivity contribution in [2.45, 2.75) is 58.7 Å². The molecule has 4 rings (SSSR count). The second-order valence-electron chi connectivity index (χ2n) is 9.58. The van der Waals surface area contributed by atoms with Crippen LogP contribution in [0.25, 0.3) is 11.3 Å². The summed E-state index contributed by atoms with van der Waals surface area (Å²) < 4.78 is 43.8. The lowest BCUT2D eigenvalue weighted by Crippen LogP contribution is -2.34. The van der Waals surface area contributed by atoms with E-state index in [1.54, 1.807) is 19.1 Å². The van der Waals surface area contributed by atoms with Gasteiger partial charge in [0.05, 0.1) is 11.3 Å². The van der Waals surface area contributed by atoms with Crippen molar-refractivity contribution in [3.8, 4) is 17.0 Å². The number of aryl methyl sites for hydroxylation is 3. The average Bonchev–Trinajstić information content (AvgIpc) is 3.22. The minimum Gasteiger partial charge on any atom is -0.618 e. The molecule has 0 saturated heterocycles. The largest absolute Gasteiger partial charge is 0.618 e. The zero-order chi connectivity index (χ0) is 26.0. The Kier molecular flexibility index (Phi) is 7.28. The fourth-order valence-corrected chi connectivity index (χ4v) is 5.05. The first-order valence-corrected chi connectivity index (χ1v) is 12.1. The van der Waals surface area contributed by atoms with Crippen LogP contribution in [0.1, 0.15) is 64.6 Å². The maximum absolute atomic E-state index is 13.1. The number of rotatable bonds is 6. The Labute approximate surface area is 208 Å². The molecule has 36 heavy (non-hydrogen) atoms. The molecule has 1 amide bonds. The number of ether oxygens (including phenoxy) is 1. The molecule has 0 unspecified atom stereocenters. The van der Waals surface area contributed by atoms with E-state index in [1.165, 1.54) is 23.8 Å². The molecule has 1 aliphatic carbocycles. The van der Waals surface area contributed by atoms with Crippen molar-refractivity contribution in [1.82, 2.24) is 10.3 Å². The summed E-state index contributed by atoms with van der Waals surface area (Å²) in [6, 6.07) is 11.3. The van der Waals surface area contributed by atoms with Gasteiger partial charge in [0.25, 0.3) is 5.91 Å². The number of pyridine rings is 1. The number of alkyl halides is 3. The number of benzene rings is 1. The van der Waals surface area contributed by atoms with Gasteiger partial charge in [0, 0.05) is 43.8 Å². The van der Waals surface area contributed by atoms with Crippen molar-refractivity contribution >= 4 is 5.91 Å². The lowest BCUT2D eigenvalue weighted by molar-refractivity contribution is -0.619. The van der Waals surface area contributed by atoms with Crippen LogP contribution in [0, 0.1) is 31.9 Å². The molecule has 1 fully saturated rings. The standard InChI is InChI=1S/C27H30F3N3O3/c1-16-12-23(25(32-16)22-6-4-5-7-24(22)36-27(28,29)30)26(34)31-15-19-8-10-20(11-9-19)21-13-17(2)33(35)18(3)14-21/h4-7,12-14,19-20,32H,8-11,15H2,1-3H3,(H,31,34). The van der Waals surface area contributed by atoms with Crippen LogP contribution in [0.4, 0.5) is 13.2 Å². The zero-order valence-electron chi connectivity index (χ0n) is 20.5. The number of aromatic amines is 1. The Bertz CT molecular complexity index is 1220. The third kappa shape index (κ3) is 5.83. The first-order valence-electron chi connectivity index (χ1n) is 12.1. The molecule has 2 heterocycles. The molecular weight excluding hydrogens is 471 g/mol. The Morgan fingerprint density at radius 2 is 1.72 bits per heavy atom. The highest BCUT2D eigenvalue weighted by Gasteiger charge is 2.33. The molecule has 0 spiro atoms. The number of amides is 1. The number of hydrogen-bond acceptors (Lipinski definition) is 3. The maximum Gasteiger partial charge on any atom is 0.573 e. The van der Waals surface area contributed by atoms with Gasteiger partial charge in [0.1, 0.15) is 5.75 Å². The average molecular weight is 502 g/mol. The Hall–Kier alpha value is -3.49. The number of aromatic nitrogens is 2. The van der Waals surface area contributed by atoms with E-state index in [-0.39, 0.29) is 22.8 Å². The molecule has 0 atom stereocenters. The fourth-order valence-electron chi connectivity index (χ4n) is 5.05. The van der Waals surface area contributed by atoms with E-state index >= 15 is 0 Å². The number of hydrogen-bond donors (Lipinski definition) is 2. The van der Waals surface area contributed by atoms with Crippen molar-refractivity contribution < 1.29 is 27.4 Å². The van der Waals surface area contributed by atoms with Crippen molar-refractivity contribution in [2.75, 3.05) is 6.54 Å². The van der Waals surface area contributed by atoms with Crippen LogP contribution in [-0.4, -0.2) is 23.8 Å². The fraction of sp³-hybridized carbons (Fsp3) is 0.407. The number of nitrogens with one attached hydrogen (secondary N) is 2. The summed E-state index contributed by atoms with van der Waals surface area (Å²) in [5.74, 6) is -0.00907. The van der Waals surface area contributed by atoms with Gasteiger partial charge in [0.2, 0.25) is 0 Å². The quantitative estimate of drug-likeness (QED) is 0.329. The number of H-pyrrole nitrogens is 1. The van der Waals surface area contributed by atoms with Gasteiger partial charge in [-0.25, -0.2) is 0 Å². The molecule has 6 nitrogen and oxygen atoms in total. The summed E-state index contributed by atoms with van der Waals surface area (Å²) in [7, 11) is 0. The highest BCUT2D eigenvalue weighted by atomic mass is 19.4. The van der Waals surface area contributed by atoms with Crippen LogP contribution < -0.4 is 14.8 Å². The van der Waals surface area contributed by atoms with E-state index in [0.717, 1.165) is 30.4 Å². The highest BCUT2D eigenvalue weighted by molar-refractivity contribution is 6.01. The molecule has 9 heteroatoms. The van der Waals surface area contributed by atoms with Crippen LogP contribution in [-0.2, 0) is 0 Å². The molecule has 2 aromatic heterocycles. The molecule has 192 valence electrons. The SMILES string of the molecule is Cc1cc(C(=O)NCC2CCC(c3cc(C)[n+]([O-])c(C)c3)CC2)c(-c2ccccc2OC(F)(F)F)[nH]1. The number of halogens is 3. The molecule has 0 radical (unpaired) electrons. The second kappa shape index (κ2) is 10.2. The third-order valence-corrected chi connectivity index (χ3v) is 6.84. The van der Waals surface area contributed by atoms with Gasteiger partial charge in [-0.05, 0) is 68.2 Å². The van der Waals surface area contributed by atoms with Gasteiger partial charge in [0.15, 0.2) is 11.4 Å². The smallest absolute Gasteiger partial charge is 0.573 e. The number of carbonyl (C=O) groups is 1. The molecule has 1 aromatic carbocycles. The molecule has 0 aliphatic heterocycles. The third-order valence-electron chi connectivity index (χ3n) is 6.84. The van der Waals surface area contributed by atoms with E-state index in [4.69, 9.17) is 0 Å². The summed E-state index contributed by atoms with van der Waals surface area (Å²) in [6.07, 6.45) is -1.02. The van der Waals surface area contributed by atoms with E-state index in [2.05, 4.69) is 15.0 Å². The molecule has 1 saturated carbocycles. The van der Waals surface area contributed by atoms with Gasteiger partial charge in [-0.2, -0.15) is 4.73 Å². The Balaban J connectivity index is 1.41. The molecule has 1 aliphatic rings. The van der Waals surface area contributed by atoms with Crippen molar-refractivity contribution in [3.63, 3.8) is 0 Å². The predicted molar refractivity (Wildman–Crippen MR) is 130 cm³/mol. The van der Waals surface area contributed by atoms with E-state index < -0.39 is 6.36 Å². The molecule has 3 aromatic rings. The molecule has 2 N–H and O–H groups in total. The summed E-state index contributed by atoms with van der Waals surface area (Å²) >= 11 is 0. The van der Waals surface area contributed by atoms with Gasteiger partial charge in [-0.3, -0.25) is 4.79 Å². The van der Waals surface area contributed by atoms with Crippen LogP contribution in [0.3, 0.4) is 0 Å².